The van der Waals surface area contributed by atoms with Crippen LogP contribution in [0.15, 0.2) is 60.7 Å². The van der Waals surface area contributed by atoms with Crippen molar-refractivity contribution in [3.63, 3.8) is 0 Å². The third kappa shape index (κ3) is 7.27. The summed E-state index contributed by atoms with van der Waals surface area (Å²) in [5, 5.41) is 0. The summed E-state index contributed by atoms with van der Waals surface area (Å²) in [6, 6.07) is 16.7. The minimum atomic E-state index is -0.603. The summed E-state index contributed by atoms with van der Waals surface area (Å²) in [5.41, 5.74) is 7.54. The first-order valence-electron chi connectivity index (χ1n) is 12.1. The quantitative estimate of drug-likeness (QED) is 0.514. The van der Waals surface area contributed by atoms with E-state index < -0.39 is 11.5 Å². The second kappa shape index (κ2) is 11.0. The second-order valence-electron chi connectivity index (χ2n) is 9.93. The molecule has 0 bridgehead atoms. The highest BCUT2D eigenvalue weighted by atomic mass is 19.1. The fourth-order valence-electron chi connectivity index (χ4n) is 3.96. The van der Waals surface area contributed by atoms with Gasteiger partial charge in [-0.1, -0.05) is 0 Å². The average Bonchev–Trinajstić information content (AvgIpc) is 2.85. The van der Waals surface area contributed by atoms with Gasteiger partial charge in [0.05, 0.1) is 5.69 Å². The van der Waals surface area contributed by atoms with E-state index in [2.05, 4.69) is 9.88 Å². The Kier molecular flexibility index (Phi) is 7.73. The number of pyridine rings is 1. The number of carbonyl (C=O) groups is 2. The van der Waals surface area contributed by atoms with Crippen molar-refractivity contribution >= 4 is 12.0 Å². The lowest BCUT2D eigenvalue weighted by Crippen LogP contribution is -2.49. The van der Waals surface area contributed by atoms with Crippen LogP contribution < -0.4 is 10.5 Å². The highest BCUT2D eigenvalue weighted by molar-refractivity contribution is 5.91. The number of piperazine rings is 1. The molecule has 2 amide bonds. The molecule has 8 nitrogen and oxygen atoms in total. The van der Waals surface area contributed by atoms with E-state index in [4.69, 9.17) is 15.2 Å². The van der Waals surface area contributed by atoms with Gasteiger partial charge in [-0.3, -0.25) is 9.69 Å². The van der Waals surface area contributed by atoms with Gasteiger partial charge in [0.25, 0.3) is 5.91 Å². The lowest BCUT2D eigenvalue weighted by atomic mass is 10.1. The zero-order valence-electron chi connectivity index (χ0n) is 21.2. The Balaban J connectivity index is 1.44. The largest absolute Gasteiger partial charge is 0.457 e. The maximum Gasteiger partial charge on any atom is 0.410 e. The van der Waals surface area contributed by atoms with Crippen molar-refractivity contribution in [3.8, 4) is 22.8 Å². The molecule has 9 heteroatoms. The zero-order chi connectivity index (χ0) is 26.6. The van der Waals surface area contributed by atoms with E-state index in [1.165, 1.54) is 12.1 Å². The number of ether oxygens (including phenoxy) is 2. The summed E-state index contributed by atoms with van der Waals surface area (Å²) >= 11 is 0. The third-order valence-corrected chi connectivity index (χ3v) is 5.77. The van der Waals surface area contributed by atoms with Gasteiger partial charge in [-0.2, -0.15) is 0 Å². The summed E-state index contributed by atoms with van der Waals surface area (Å²) in [5.74, 6) is 0.180. The molecule has 1 fully saturated rings. The van der Waals surface area contributed by atoms with Crippen LogP contribution in [-0.2, 0) is 11.3 Å². The Hall–Kier alpha value is -3.98. The monoisotopic (exact) mass is 506 g/mol. The van der Waals surface area contributed by atoms with Crippen molar-refractivity contribution in [1.82, 2.24) is 14.8 Å². The number of hydrogen-bond donors (Lipinski definition) is 1. The van der Waals surface area contributed by atoms with Gasteiger partial charge in [0.1, 0.15) is 28.6 Å². The topological polar surface area (TPSA) is 98.0 Å². The minimum Gasteiger partial charge on any atom is -0.457 e. The van der Waals surface area contributed by atoms with Crippen molar-refractivity contribution in [3.05, 3.63) is 77.7 Å². The summed E-state index contributed by atoms with van der Waals surface area (Å²) in [6.45, 7) is 8.62. The summed E-state index contributed by atoms with van der Waals surface area (Å²) in [4.78, 5) is 32.7. The number of aromatic nitrogens is 1. The molecule has 0 unspecified atom stereocenters. The van der Waals surface area contributed by atoms with Gasteiger partial charge in [0.2, 0.25) is 0 Å². The van der Waals surface area contributed by atoms with E-state index in [9.17, 15) is 14.0 Å². The Bertz CT molecular complexity index is 1250. The molecule has 4 rings (SSSR count). The molecule has 0 atom stereocenters. The van der Waals surface area contributed by atoms with Crippen LogP contribution in [-0.4, -0.2) is 58.6 Å². The molecule has 2 aromatic carbocycles. The Morgan fingerprint density at radius 1 is 0.946 bits per heavy atom. The molecule has 0 spiro atoms. The first-order valence-corrected chi connectivity index (χ1v) is 12.1. The number of amides is 2. The van der Waals surface area contributed by atoms with Crippen molar-refractivity contribution in [2.24, 2.45) is 5.73 Å². The van der Waals surface area contributed by atoms with Gasteiger partial charge >= 0.3 is 6.09 Å². The van der Waals surface area contributed by atoms with Gasteiger partial charge in [-0.25, -0.2) is 14.2 Å². The Labute approximate surface area is 215 Å². The number of hydrogen-bond acceptors (Lipinski definition) is 6. The third-order valence-electron chi connectivity index (χ3n) is 5.77. The van der Waals surface area contributed by atoms with E-state index in [1.807, 2.05) is 39.0 Å². The van der Waals surface area contributed by atoms with Crippen LogP contribution in [0.2, 0.25) is 0 Å². The van der Waals surface area contributed by atoms with Crippen LogP contribution in [0.1, 0.15) is 36.8 Å². The molecule has 1 saturated heterocycles. The van der Waals surface area contributed by atoms with Crippen molar-refractivity contribution in [1.29, 1.82) is 0 Å². The maximum atomic E-state index is 13.1. The van der Waals surface area contributed by atoms with Crippen molar-refractivity contribution < 1.29 is 23.5 Å². The zero-order valence-corrected chi connectivity index (χ0v) is 21.2. The normalized spacial score (nSPS) is 14.3. The standard InChI is InChI=1S/C28H31FN4O4/c1-28(2,3)37-27(35)33-14-12-32(13-15-33)18-19-16-24(31-25(17-19)26(30)34)20-4-8-22(9-5-20)36-23-10-6-21(29)7-11-23/h4-11,16-17H,12-15,18H2,1-3H3,(H2,30,34). The van der Waals surface area contributed by atoms with Crippen molar-refractivity contribution in [2.45, 2.75) is 32.9 Å². The molecule has 0 radical (unpaired) electrons. The van der Waals surface area contributed by atoms with Gasteiger partial charge < -0.3 is 20.1 Å². The van der Waals surface area contributed by atoms with Gasteiger partial charge in [0.15, 0.2) is 0 Å². The molecule has 194 valence electrons. The van der Waals surface area contributed by atoms with Crippen molar-refractivity contribution in [2.75, 3.05) is 26.2 Å². The minimum absolute atomic E-state index is 0.187. The maximum absolute atomic E-state index is 13.1. The number of nitrogens with two attached hydrogens (primary N) is 1. The molecular formula is C28H31FN4O4. The number of rotatable bonds is 6. The van der Waals surface area contributed by atoms with E-state index in [0.717, 1.165) is 11.1 Å². The highest BCUT2D eigenvalue weighted by Gasteiger charge is 2.26. The molecule has 1 aliphatic rings. The van der Waals surface area contributed by atoms with E-state index in [-0.39, 0.29) is 17.6 Å². The lowest BCUT2D eigenvalue weighted by molar-refractivity contribution is 0.0139. The predicted octanol–water partition coefficient (Wildman–Crippen LogP) is 4.83. The Morgan fingerprint density at radius 3 is 2.11 bits per heavy atom. The SMILES string of the molecule is CC(C)(C)OC(=O)N1CCN(Cc2cc(C(N)=O)nc(-c3ccc(Oc4ccc(F)cc4)cc3)c2)CC1. The van der Waals surface area contributed by atoms with Gasteiger partial charge in [-0.15, -0.1) is 0 Å². The number of carbonyl (C=O) groups excluding carboxylic acids is 2. The fraction of sp³-hybridized carbons (Fsp3) is 0.321. The highest BCUT2D eigenvalue weighted by Crippen LogP contribution is 2.26. The number of halogens is 1. The molecule has 2 heterocycles. The smallest absolute Gasteiger partial charge is 0.410 e. The molecule has 0 aliphatic carbocycles. The van der Waals surface area contributed by atoms with Crippen LogP contribution in [0.4, 0.5) is 9.18 Å². The van der Waals surface area contributed by atoms with E-state index in [1.54, 1.807) is 35.2 Å². The molecular weight excluding hydrogens is 475 g/mol. The summed E-state index contributed by atoms with van der Waals surface area (Å²) < 4.78 is 24.3. The van der Waals surface area contributed by atoms with Crippen LogP contribution in [0.3, 0.4) is 0 Å². The van der Waals surface area contributed by atoms with E-state index in [0.29, 0.717) is 49.9 Å². The number of nitrogens with zero attached hydrogens (tertiary/aromatic N) is 3. The van der Waals surface area contributed by atoms with Crippen LogP contribution in [0.5, 0.6) is 11.5 Å². The molecule has 1 aromatic heterocycles. The van der Waals surface area contributed by atoms with E-state index >= 15 is 0 Å². The van der Waals surface area contributed by atoms with Gasteiger partial charge in [-0.05, 0) is 87.0 Å². The van der Waals surface area contributed by atoms with Crippen LogP contribution in [0.25, 0.3) is 11.3 Å². The molecule has 37 heavy (non-hydrogen) atoms. The summed E-state index contributed by atoms with van der Waals surface area (Å²) in [7, 11) is 0. The second-order valence-corrected chi connectivity index (χ2v) is 9.93. The average molecular weight is 507 g/mol. The number of primary amides is 1. The molecule has 2 N–H and O–H groups in total. The molecule has 3 aromatic rings. The first kappa shape index (κ1) is 26.1. The van der Waals surface area contributed by atoms with Crippen LogP contribution in [0, 0.1) is 5.82 Å². The van der Waals surface area contributed by atoms with Gasteiger partial charge in [0, 0.05) is 38.3 Å². The molecule has 1 aliphatic heterocycles. The lowest BCUT2D eigenvalue weighted by Gasteiger charge is -2.35. The fourth-order valence-corrected chi connectivity index (χ4v) is 3.96. The van der Waals surface area contributed by atoms with Crippen LogP contribution >= 0.6 is 0 Å². The predicted molar refractivity (Wildman–Crippen MR) is 138 cm³/mol. The summed E-state index contributed by atoms with van der Waals surface area (Å²) in [6.07, 6.45) is -0.304. The Morgan fingerprint density at radius 2 is 1.54 bits per heavy atom. The number of benzene rings is 2. The first-order chi connectivity index (χ1) is 17.6. The molecule has 0 saturated carbocycles.